The fourth-order valence-electron chi connectivity index (χ4n) is 3.66. The van der Waals surface area contributed by atoms with Crippen LogP contribution in [0.1, 0.15) is 24.4 Å². The number of hydrogen-bond acceptors (Lipinski definition) is 6. The normalized spacial score (nSPS) is 14.6. The maximum absolute atomic E-state index is 12.4. The third-order valence-corrected chi connectivity index (χ3v) is 5.35. The predicted molar refractivity (Wildman–Crippen MR) is 119 cm³/mol. The van der Waals surface area contributed by atoms with Crippen molar-refractivity contribution >= 4 is 28.9 Å². The van der Waals surface area contributed by atoms with E-state index in [9.17, 15) is 19.7 Å². The minimum atomic E-state index is -0.858. The lowest BCUT2D eigenvalue weighted by Crippen LogP contribution is -2.41. The summed E-state index contributed by atoms with van der Waals surface area (Å²) in [5.41, 5.74) is 2.20. The third-order valence-electron chi connectivity index (χ3n) is 5.35. The second-order valence-corrected chi connectivity index (χ2v) is 7.72. The quantitative estimate of drug-likeness (QED) is 0.401. The lowest BCUT2D eigenvalue weighted by atomic mass is 10.0. The van der Waals surface area contributed by atoms with Crippen LogP contribution in [-0.4, -0.2) is 55.4 Å². The van der Waals surface area contributed by atoms with Gasteiger partial charge < -0.3 is 15.5 Å². The molecule has 0 aliphatic carbocycles. The fourth-order valence-corrected chi connectivity index (χ4v) is 3.66. The summed E-state index contributed by atoms with van der Waals surface area (Å²) in [6.45, 7) is 2.17. The van der Waals surface area contributed by atoms with Gasteiger partial charge in [0.1, 0.15) is 0 Å². The number of carbonyl (C=O) groups is 2. The van der Waals surface area contributed by atoms with Crippen LogP contribution in [0.3, 0.4) is 0 Å². The van der Waals surface area contributed by atoms with Gasteiger partial charge in [-0.25, -0.2) is 0 Å². The molecule has 0 unspecified atom stereocenters. The summed E-state index contributed by atoms with van der Waals surface area (Å²) in [6.07, 6.45) is 2.21. The van der Waals surface area contributed by atoms with Crippen LogP contribution in [0.25, 0.3) is 0 Å². The number of benzene rings is 2. The molecule has 3 rings (SSSR count). The van der Waals surface area contributed by atoms with Crippen molar-refractivity contribution in [3.05, 3.63) is 64.2 Å². The van der Waals surface area contributed by atoms with Crippen molar-refractivity contribution in [2.75, 3.05) is 43.9 Å². The molecule has 9 heteroatoms. The number of nitro benzene ring substituents is 1. The van der Waals surface area contributed by atoms with Crippen LogP contribution in [0.4, 0.5) is 17.1 Å². The molecular weight excluding hydrogens is 398 g/mol. The second kappa shape index (κ2) is 10.0. The van der Waals surface area contributed by atoms with E-state index >= 15 is 0 Å². The van der Waals surface area contributed by atoms with Crippen molar-refractivity contribution in [2.45, 2.75) is 18.9 Å². The number of nitrogens with zero attached hydrogens (tertiary/aromatic N) is 3. The van der Waals surface area contributed by atoms with E-state index in [0.717, 1.165) is 37.2 Å². The van der Waals surface area contributed by atoms with Gasteiger partial charge in [0, 0.05) is 44.1 Å². The van der Waals surface area contributed by atoms with Crippen molar-refractivity contribution < 1.29 is 14.5 Å². The largest absolute Gasteiger partial charge is 0.378 e. The number of carbonyl (C=O) groups excluding carboxylic acids is 2. The topological polar surface area (TPSA) is 108 Å². The molecule has 2 aromatic carbocycles. The van der Waals surface area contributed by atoms with Gasteiger partial charge in [0.15, 0.2) is 0 Å². The van der Waals surface area contributed by atoms with Gasteiger partial charge in [-0.05, 0) is 49.7 Å². The molecule has 0 aromatic heterocycles. The first-order chi connectivity index (χ1) is 14.8. The molecule has 1 heterocycles. The monoisotopic (exact) mass is 425 g/mol. The molecule has 0 spiro atoms. The number of rotatable bonds is 7. The van der Waals surface area contributed by atoms with E-state index in [4.69, 9.17) is 0 Å². The van der Waals surface area contributed by atoms with E-state index in [0.29, 0.717) is 6.54 Å². The molecule has 31 heavy (non-hydrogen) atoms. The Balaban J connectivity index is 1.65. The minimum Gasteiger partial charge on any atom is -0.378 e. The first-order valence-corrected chi connectivity index (χ1v) is 10.2. The van der Waals surface area contributed by atoms with E-state index in [2.05, 4.69) is 15.5 Å². The number of anilines is 2. The zero-order valence-electron chi connectivity index (χ0n) is 17.7. The Bertz CT molecular complexity index is 939. The first-order valence-electron chi connectivity index (χ1n) is 10.2. The van der Waals surface area contributed by atoms with E-state index in [-0.39, 0.29) is 17.4 Å². The van der Waals surface area contributed by atoms with Crippen molar-refractivity contribution in [3.63, 3.8) is 0 Å². The van der Waals surface area contributed by atoms with Crippen LogP contribution in [0.5, 0.6) is 0 Å². The van der Waals surface area contributed by atoms with Gasteiger partial charge in [-0.3, -0.25) is 24.6 Å². The van der Waals surface area contributed by atoms with Crippen molar-refractivity contribution in [3.8, 4) is 0 Å². The number of hydrogen-bond donors (Lipinski definition) is 2. The minimum absolute atomic E-state index is 0.0340. The van der Waals surface area contributed by atoms with Crippen LogP contribution < -0.4 is 15.5 Å². The number of nitrogens with one attached hydrogen (secondary N) is 2. The van der Waals surface area contributed by atoms with Gasteiger partial charge in [-0.1, -0.05) is 18.2 Å². The highest BCUT2D eigenvalue weighted by atomic mass is 16.6. The molecule has 1 aliphatic rings. The number of likely N-dealkylation sites (tertiary alicyclic amines) is 1. The number of nitro groups is 1. The summed E-state index contributed by atoms with van der Waals surface area (Å²) in [5, 5.41) is 16.0. The zero-order valence-corrected chi connectivity index (χ0v) is 17.7. The molecule has 0 bridgehead atoms. The molecule has 1 atom stereocenters. The van der Waals surface area contributed by atoms with Gasteiger partial charge >= 0.3 is 11.8 Å². The molecule has 0 radical (unpaired) electrons. The Morgan fingerprint density at radius 2 is 1.77 bits per heavy atom. The van der Waals surface area contributed by atoms with E-state index in [1.165, 1.54) is 24.3 Å². The Morgan fingerprint density at radius 1 is 1.10 bits per heavy atom. The highest BCUT2D eigenvalue weighted by Crippen LogP contribution is 2.26. The zero-order chi connectivity index (χ0) is 22.4. The first kappa shape index (κ1) is 22.2. The average Bonchev–Trinajstić information content (AvgIpc) is 3.28. The van der Waals surface area contributed by atoms with Crippen LogP contribution in [0, 0.1) is 10.1 Å². The highest BCUT2D eigenvalue weighted by molar-refractivity contribution is 6.39. The number of amides is 2. The maximum Gasteiger partial charge on any atom is 0.313 e. The van der Waals surface area contributed by atoms with Gasteiger partial charge in [-0.15, -0.1) is 0 Å². The van der Waals surface area contributed by atoms with Gasteiger partial charge in [0.2, 0.25) is 0 Å². The van der Waals surface area contributed by atoms with Crippen LogP contribution in [0.15, 0.2) is 48.5 Å². The SMILES string of the molecule is CN(C)c1ccc([C@@H](CNC(=O)C(=O)Nc2cccc([N+](=O)[O-])c2)N2CCCC2)cc1. The van der Waals surface area contributed by atoms with Crippen molar-refractivity contribution in [1.82, 2.24) is 10.2 Å². The number of non-ortho nitro benzene ring substituents is 1. The smallest absolute Gasteiger partial charge is 0.313 e. The van der Waals surface area contributed by atoms with E-state index in [1.807, 2.05) is 43.3 Å². The summed E-state index contributed by atoms with van der Waals surface area (Å²) in [5.74, 6) is -1.63. The Hall–Kier alpha value is -3.46. The molecule has 2 aromatic rings. The van der Waals surface area contributed by atoms with Gasteiger partial charge in [0.05, 0.1) is 11.0 Å². The lowest BCUT2D eigenvalue weighted by Gasteiger charge is -2.28. The standard InChI is InChI=1S/C22H27N5O4/c1-25(2)18-10-8-16(9-11-18)20(26-12-3-4-13-26)15-23-21(28)22(29)24-17-6-5-7-19(14-17)27(30)31/h5-11,14,20H,3-4,12-13,15H2,1-2H3,(H,23,28)(H,24,29)/t20-/m1/s1. The third kappa shape index (κ3) is 5.79. The molecule has 1 saturated heterocycles. The molecule has 2 N–H and O–H groups in total. The Labute approximate surface area is 181 Å². The summed E-state index contributed by atoms with van der Waals surface area (Å²) in [6, 6.07) is 13.6. The lowest BCUT2D eigenvalue weighted by molar-refractivity contribution is -0.384. The summed E-state index contributed by atoms with van der Waals surface area (Å²) < 4.78 is 0. The summed E-state index contributed by atoms with van der Waals surface area (Å²) >= 11 is 0. The molecule has 1 fully saturated rings. The van der Waals surface area contributed by atoms with E-state index < -0.39 is 16.7 Å². The molecule has 1 aliphatic heterocycles. The fraction of sp³-hybridized carbons (Fsp3) is 0.364. The van der Waals surface area contributed by atoms with Crippen LogP contribution >= 0.6 is 0 Å². The highest BCUT2D eigenvalue weighted by Gasteiger charge is 2.25. The molecule has 2 amide bonds. The molecular formula is C22H27N5O4. The average molecular weight is 425 g/mol. The van der Waals surface area contributed by atoms with Crippen molar-refractivity contribution in [1.29, 1.82) is 0 Å². The summed E-state index contributed by atoms with van der Waals surface area (Å²) in [4.78, 5) is 39.3. The summed E-state index contributed by atoms with van der Waals surface area (Å²) in [7, 11) is 3.96. The second-order valence-electron chi connectivity index (χ2n) is 7.72. The van der Waals surface area contributed by atoms with E-state index in [1.54, 1.807) is 0 Å². The molecule has 9 nitrogen and oxygen atoms in total. The molecule has 0 saturated carbocycles. The van der Waals surface area contributed by atoms with Crippen LogP contribution in [0.2, 0.25) is 0 Å². The van der Waals surface area contributed by atoms with Gasteiger partial charge in [-0.2, -0.15) is 0 Å². The van der Waals surface area contributed by atoms with Gasteiger partial charge in [0.25, 0.3) is 5.69 Å². The maximum atomic E-state index is 12.4. The van der Waals surface area contributed by atoms with Crippen LogP contribution in [-0.2, 0) is 9.59 Å². The Morgan fingerprint density at radius 3 is 2.39 bits per heavy atom. The van der Waals surface area contributed by atoms with Crippen molar-refractivity contribution in [2.24, 2.45) is 0 Å². The molecule has 164 valence electrons. The predicted octanol–water partition coefficient (Wildman–Crippen LogP) is 2.55. The Kier molecular flexibility index (Phi) is 7.19.